The fraction of sp³-hybridized carbons (Fsp3) is 0.611. The van der Waals surface area contributed by atoms with Gasteiger partial charge in [0, 0.05) is 32.7 Å². The van der Waals surface area contributed by atoms with Gasteiger partial charge in [-0.1, -0.05) is 29.8 Å². The highest BCUT2D eigenvalue weighted by molar-refractivity contribution is 14.0. The third kappa shape index (κ3) is 7.03. The van der Waals surface area contributed by atoms with E-state index in [0.717, 1.165) is 31.8 Å². The van der Waals surface area contributed by atoms with Crippen LogP contribution in [0.5, 0.6) is 0 Å². The van der Waals surface area contributed by atoms with Gasteiger partial charge in [-0.3, -0.25) is 4.99 Å². The van der Waals surface area contributed by atoms with E-state index in [0.29, 0.717) is 13.1 Å². The van der Waals surface area contributed by atoms with Crippen LogP contribution in [0.15, 0.2) is 29.3 Å². The van der Waals surface area contributed by atoms with Crippen LogP contribution in [0, 0.1) is 6.92 Å². The Kier molecular flexibility index (Phi) is 9.88. The molecular formula is C18H31IN4O2S. The number of hydrogen-bond donors (Lipinski definition) is 2. The van der Waals surface area contributed by atoms with Gasteiger partial charge in [-0.05, 0) is 38.7 Å². The molecule has 1 heterocycles. The third-order valence-electron chi connectivity index (χ3n) is 4.60. The van der Waals surface area contributed by atoms with E-state index in [1.807, 2.05) is 0 Å². The summed E-state index contributed by atoms with van der Waals surface area (Å²) in [5.74, 6) is 0.955. The van der Waals surface area contributed by atoms with Crippen LogP contribution in [0.3, 0.4) is 0 Å². The molecule has 0 saturated carbocycles. The largest absolute Gasteiger partial charge is 0.356 e. The van der Waals surface area contributed by atoms with Gasteiger partial charge in [-0.2, -0.15) is 0 Å². The molecule has 0 aromatic heterocycles. The minimum Gasteiger partial charge on any atom is -0.356 e. The summed E-state index contributed by atoms with van der Waals surface area (Å²) in [4.78, 5) is 4.27. The molecule has 26 heavy (non-hydrogen) atoms. The number of aryl methyl sites for hydroxylation is 1. The average molecular weight is 494 g/mol. The first-order valence-corrected chi connectivity index (χ1v) is 10.6. The van der Waals surface area contributed by atoms with E-state index >= 15 is 0 Å². The summed E-state index contributed by atoms with van der Waals surface area (Å²) in [5, 5.41) is 6.75. The number of benzene rings is 1. The first-order chi connectivity index (χ1) is 11.9. The van der Waals surface area contributed by atoms with Gasteiger partial charge < -0.3 is 10.6 Å². The lowest BCUT2D eigenvalue weighted by atomic mass is 10.1. The van der Waals surface area contributed by atoms with Crippen LogP contribution in [0.4, 0.5) is 0 Å². The first-order valence-electron chi connectivity index (χ1n) is 8.95. The highest BCUT2D eigenvalue weighted by Crippen LogP contribution is 2.14. The van der Waals surface area contributed by atoms with Crippen molar-refractivity contribution in [2.45, 2.75) is 39.2 Å². The summed E-state index contributed by atoms with van der Waals surface area (Å²) < 4.78 is 25.4. The van der Waals surface area contributed by atoms with Gasteiger partial charge in [0.1, 0.15) is 0 Å². The molecule has 0 bridgehead atoms. The number of rotatable bonds is 6. The molecule has 1 aromatic carbocycles. The second kappa shape index (κ2) is 11.1. The second-order valence-electron chi connectivity index (χ2n) is 6.45. The molecular weight excluding hydrogens is 463 g/mol. The van der Waals surface area contributed by atoms with Crippen molar-refractivity contribution in [3.8, 4) is 0 Å². The van der Waals surface area contributed by atoms with Crippen LogP contribution in [0.2, 0.25) is 0 Å². The van der Waals surface area contributed by atoms with Crippen molar-refractivity contribution in [3.63, 3.8) is 0 Å². The zero-order chi connectivity index (χ0) is 18.3. The Morgan fingerprint density at radius 3 is 2.38 bits per heavy atom. The molecule has 6 nitrogen and oxygen atoms in total. The van der Waals surface area contributed by atoms with Crippen LogP contribution in [0.1, 0.15) is 30.9 Å². The van der Waals surface area contributed by atoms with E-state index in [1.165, 1.54) is 11.1 Å². The molecule has 1 aliphatic rings. The Morgan fingerprint density at radius 2 is 1.85 bits per heavy atom. The zero-order valence-corrected chi connectivity index (χ0v) is 19.0. The number of piperidine rings is 1. The highest BCUT2D eigenvalue weighted by Gasteiger charge is 2.26. The predicted molar refractivity (Wildman–Crippen MR) is 119 cm³/mol. The Balaban J connectivity index is 0.00000338. The monoisotopic (exact) mass is 494 g/mol. The maximum absolute atomic E-state index is 11.9. The van der Waals surface area contributed by atoms with E-state index < -0.39 is 10.0 Å². The number of sulfonamides is 1. The Morgan fingerprint density at radius 1 is 1.23 bits per heavy atom. The minimum absolute atomic E-state index is 0. The number of aliphatic imine (C=N–C) groups is 1. The Hall–Kier alpha value is -0.870. The number of nitrogens with one attached hydrogen (secondary N) is 2. The number of nitrogens with zero attached hydrogens (tertiary/aromatic N) is 2. The Labute approximate surface area is 174 Å². The maximum Gasteiger partial charge on any atom is 0.213 e. The molecule has 8 heteroatoms. The fourth-order valence-electron chi connectivity index (χ4n) is 2.93. The number of guanidine groups is 1. The van der Waals surface area contributed by atoms with Crippen LogP contribution in [-0.2, 0) is 16.4 Å². The lowest BCUT2D eigenvalue weighted by Crippen LogP contribution is -2.50. The van der Waals surface area contributed by atoms with E-state index in [9.17, 15) is 8.42 Å². The van der Waals surface area contributed by atoms with Gasteiger partial charge in [0.15, 0.2) is 5.96 Å². The van der Waals surface area contributed by atoms with Gasteiger partial charge in [0.05, 0.1) is 5.75 Å². The predicted octanol–water partition coefficient (Wildman–Crippen LogP) is 2.13. The van der Waals surface area contributed by atoms with E-state index in [2.05, 4.69) is 46.8 Å². The summed E-state index contributed by atoms with van der Waals surface area (Å²) in [6.07, 6.45) is 2.55. The summed E-state index contributed by atoms with van der Waals surface area (Å²) in [6, 6.07) is 8.81. The van der Waals surface area contributed by atoms with Crippen molar-refractivity contribution in [2.24, 2.45) is 4.99 Å². The molecule has 148 valence electrons. The van der Waals surface area contributed by atoms with Crippen molar-refractivity contribution >= 4 is 40.0 Å². The van der Waals surface area contributed by atoms with Gasteiger partial charge >= 0.3 is 0 Å². The molecule has 0 atom stereocenters. The molecule has 1 fully saturated rings. The number of halogens is 1. The van der Waals surface area contributed by atoms with Gasteiger partial charge in [-0.15, -0.1) is 24.0 Å². The molecule has 0 radical (unpaired) electrons. The quantitative estimate of drug-likeness (QED) is 0.361. The summed E-state index contributed by atoms with van der Waals surface area (Å²) >= 11 is 0. The molecule has 0 amide bonds. The summed E-state index contributed by atoms with van der Waals surface area (Å²) in [6.45, 7) is 5.75. The smallest absolute Gasteiger partial charge is 0.213 e. The molecule has 2 rings (SSSR count). The third-order valence-corrected chi connectivity index (χ3v) is 6.48. The molecule has 1 aliphatic heterocycles. The fourth-order valence-corrected chi connectivity index (χ4v) is 4.06. The first kappa shape index (κ1) is 23.2. The van der Waals surface area contributed by atoms with Crippen LogP contribution >= 0.6 is 24.0 Å². The average Bonchev–Trinajstić information content (AvgIpc) is 2.63. The molecule has 1 aromatic rings. The number of hydrogen-bond acceptors (Lipinski definition) is 3. The highest BCUT2D eigenvalue weighted by atomic mass is 127. The molecule has 1 saturated heterocycles. The zero-order valence-electron chi connectivity index (χ0n) is 15.9. The lowest BCUT2D eigenvalue weighted by molar-refractivity contribution is 0.306. The van der Waals surface area contributed by atoms with Gasteiger partial charge in [0.2, 0.25) is 10.0 Å². The van der Waals surface area contributed by atoms with Crippen molar-refractivity contribution in [3.05, 3.63) is 35.4 Å². The molecule has 0 spiro atoms. The van der Waals surface area contributed by atoms with Crippen molar-refractivity contribution in [2.75, 3.05) is 32.4 Å². The molecule has 2 N–H and O–H groups in total. The van der Waals surface area contributed by atoms with Crippen molar-refractivity contribution < 1.29 is 8.42 Å². The summed E-state index contributed by atoms with van der Waals surface area (Å²) in [5.41, 5.74) is 2.57. The molecule has 0 aliphatic carbocycles. The topological polar surface area (TPSA) is 73.8 Å². The summed E-state index contributed by atoms with van der Waals surface area (Å²) in [7, 11) is -1.31. The van der Waals surface area contributed by atoms with Crippen LogP contribution in [0.25, 0.3) is 0 Å². The minimum atomic E-state index is -3.07. The second-order valence-corrected chi connectivity index (χ2v) is 8.71. The van der Waals surface area contributed by atoms with Gasteiger partial charge in [0.25, 0.3) is 0 Å². The van der Waals surface area contributed by atoms with Crippen molar-refractivity contribution in [1.82, 2.24) is 14.9 Å². The van der Waals surface area contributed by atoms with E-state index in [-0.39, 0.29) is 35.8 Å². The standard InChI is InChI=1S/C18H30N4O2S.HI/c1-4-25(23,24)22-13-10-17(11-14-22)21-18(19-3)20-12-9-16-7-5-15(2)6-8-16;/h5-8,17H,4,9-14H2,1-3H3,(H2,19,20,21);1H. The van der Waals surface area contributed by atoms with E-state index in [1.54, 1.807) is 18.3 Å². The maximum atomic E-state index is 11.9. The normalized spacial score (nSPS) is 16.8. The van der Waals surface area contributed by atoms with Crippen molar-refractivity contribution in [1.29, 1.82) is 0 Å². The lowest BCUT2D eigenvalue weighted by Gasteiger charge is -2.32. The Bertz CT molecular complexity index is 669. The van der Waals surface area contributed by atoms with Crippen LogP contribution in [-0.4, -0.2) is 57.2 Å². The van der Waals surface area contributed by atoms with Crippen LogP contribution < -0.4 is 10.6 Å². The van der Waals surface area contributed by atoms with E-state index in [4.69, 9.17) is 0 Å². The van der Waals surface area contributed by atoms with Gasteiger partial charge in [-0.25, -0.2) is 12.7 Å². The molecule has 0 unspecified atom stereocenters. The SMILES string of the molecule is CCS(=O)(=O)N1CCC(NC(=NC)NCCc2ccc(C)cc2)CC1.I.